The van der Waals surface area contributed by atoms with Gasteiger partial charge in [0.05, 0.1) is 11.4 Å². The Morgan fingerprint density at radius 3 is 2.67 bits per heavy atom. The number of aromatic nitrogens is 2. The number of likely N-dealkylation sites (N-methyl/N-ethyl adjacent to an activating group) is 1. The molecular formula is C17H21N5O2. The molecule has 0 bridgehead atoms. The number of benzene rings is 1. The fourth-order valence-electron chi connectivity index (χ4n) is 2.91. The first-order valence-corrected chi connectivity index (χ1v) is 7.87. The van der Waals surface area contributed by atoms with Gasteiger partial charge < -0.3 is 15.5 Å². The summed E-state index contributed by atoms with van der Waals surface area (Å²) in [5, 5.41) is 9.82. The van der Waals surface area contributed by atoms with Crippen LogP contribution < -0.4 is 10.6 Å². The first kappa shape index (κ1) is 16.0. The van der Waals surface area contributed by atoms with Crippen molar-refractivity contribution in [2.75, 3.05) is 13.6 Å². The number of rotatable bonds is 4. The van der Waals surface area contributed by atoms with Gasteiger partial charge >= 0.3 is 6.03 Å². The molecule has 1 aliphatic heterocycles. The van der Waals surface area contributed by atoms with Gasteiger partial charge in [-0.1, -0.05) is 18.2 Å². The minimum atomic E-state index is -0.507. The quantitative estimate of drug-likeness (QED) is 0.883. The summed E-state index contributed by atoms with van der Waals surface area (Å²) in [5.41, 5.74) is 3.91. The predicted molar refractivity (Wildman–Crippen MR) is 89.8 cm³/mol. The summed E-state index contributed by atoms with van der Waals surface area (Å²) < 4.78 is 1.89. The number of carbonyl (C=O) groups excluding carboxylic acids is 2. The van der Waals surface area contributed by atoms with E-state index in [1.165, 1.54) is 0 Å². The van der Waals surface area contributed by atoms with E-state index in [1.54, 1.807) is 11.9 Å². The summed E-state index contributed by atoms with van der Waals surface area (Å²) in [7, 11) is 1.74. The highest BCUT2D eigenvalue weighted by atomic mass is 16.2. The third-order valence-corrected chi connectivity index (χ3v) is 4.28. The van der Waals surface area contributed by atoms with E-state index in [0.717, 1.165) is 22.6 Å². The van der Waals surface area contributed by atoms with Crippen LogP contribution in [0.15, 0.2) is 30.3 Å². The maximum atomic E-state index is 12.4. The van der Waals surface area contributed by atoms with Crippen molar-refractivity contribution in [2.45, 2.75) is 26.4 Å². The lowest BCUT2D eigenvalue weighted by molar-refractivity contribution is -0.131. The molecule has 1 fully saturated rings. The zero-order valence-electron chi connectivity index (χ0n) is 14.0. The van der Waals surface area contributed by atoms with Crippen LogP contribution in [0.4, 0.5) is 4.79 Å². The van der Waals surface area contributed by atoms with E-state index in [9.17, 15) is 9.59 Å². The van der Waals surface area contributed by atoms with Crippen LogP contribution in [0.25, 0.3) is 5.69 Å². The van der Waals surface area contributed by atoms with Crippen LogP contribution in [0.3, 0.4) is 0 Å². The van der Waals surface area contributed by atoms with Gasteiger partial charge in [0.1, 0.15) is 6.04 Å². The highest BCUT2D eigenvalue weighted by molar-refractivity contribution is 5.90. The van der Waals surface area contributed by atoms with Gasteiger partial charge in [0, 0.05) is 31.4 Å². The largest absolute Gasteiger partial charge is 0.339 e. The normalized spacial score (nSPS) is 16.6. The fourth-order valence-corrected chi connectivity index (χ4v) is 2.91. The summed E-state index contributed by atoms with van der Waals surface area (Å²) in [4.78, 5) is 25.3. The molecule has 3 amide bonds. The Morgan fingerprint density at radius 1 is 1.33 bits per heavy atom. The number of carbonyl (C=O) groups is 2. The zero-order chi connectivity index (χ0) is 17.3. The van der Waals surface area contributed by atoms with E-state index in [-0.39, 0.29) is 11.9 Å². The molecule has 1 atom stereocenters. The molecule has 1 aliphatic rings. The van der Waals surface area contributed by atoms with Crippen molar-refractivity contribution in [3.63, 3.8) is 0 Å². The molecule has 126 valence electrons. The molecule has 24 heavy (non-hydrogen) atoms. The number of amides is 3. The minimum Gasteiger partial charge on any atom is -0.339 e. The third-order valence-electron chi connectivity index (χ3n) is 4.28. The van der Waals surface area contributed by atoms with Crippen LogP contribution in [0.5, 0.6) is 0 Å². The molecular weight excluding hydrogens is 306 g/mol. The number of hydrogen-bond acceptors (Lipinski definition) is 3. The lowest BCUT2D eigenvalue weighted by Gasteiger charge is -2.20. The molecule has 2 N–H and O–H groups in total. The van der Waals surface area contributed by atoms with Gasteiger partial charge in [-0.15, -0.1) is 0 Å². The Hall–Kier alpha value is -2.83. The van der Waals surface area contributed by atoms with Gasteiger partial charge in [-0.05, 0) is 26.0 Å². The second kappa shape index (κ2) is 6.35. The van der Waals surface area contributed by atoms with E-state index < -0.39 is 6.04 Å². The van der Waals surface area contributed by atoms with Gasteiger partial charge in [-0.2, -0.15) is 5.10 Å². The van der Waals surface area contributed by atoms with Gasteiger partial charge in [-0.25, -0.2) is 9.48 Å². The van der Waals surface area contributed by atoms with E-state index in [4.69, 9.17) is 0 Å². The maximum Gasteiger partial charge on any atom is 0.315 e. The van der Waals surface area contributed by atoms with Crippen LogP contribution in [-0.4, -0.2) is 46.3 Å². The molecule has 0 saturated carbocycles. The first-order valence-electron chi connectivity index (χ1n) is 7.87. The van der Waals surface area contributed by atoms with Crippen molar-refractivity contribution in [1.29, 1.82) is 0 Å². The van der Waals surface area contributed by atoms with Gasteiger partial charge in [0.25, 0.3) is 0 Å². The SMILES string of the molecule is Cc1nn(-c2ccccc2)c(C)c1CN(C)C(=O)[C@@H]1CNC(=O)N1. The molecule has 7 heteroatoms. The second-order valence-electron chi connectivity index (χ2n) is 6.00. The average Bonchev–Trinajstić information content (AvgIpc) is 3.13. The van der Waals surface area contributed by atoms with Crippen molar-refractivity contribution in [2.24, 2.45) is 0 Å². The third kappa shape index (κ3) is 2.97. The van der Waals surface area contributed by atoms with E-state index in [0.29, 0.717) is 13.1 Å². The molecule has 1 aromatic carbocycles. The lowest BCUT2D eigenvalue weighted by atomic mass is 10.1. The van der Waals surface area contributed by atoms with Crippen LogP contribution in [0, 0.1) is 13.8 Å². The molecule has 2 aromatic rings. The number of aryl methyl sites for hydroxylation is 1. The topological polar surface area (TPSA) is 79.3 Å². The first-order chi connectivity index (χ1) is 11.5. The monoisotopic (exact) mass is 327 g/mol. The predicted octanol–water partition coefficient (Wildman–Crippen LogP) is 1.13. The molecule has 0 spiro atoms. The summed E-state index contributed by atoms with van der Waals surface area (Å²) >= 11 is 0. The van der Waals surface area contributed by atoms with Crippen molar-refractivity contribution in [1.82, 2.24) is 25.3 Å². The molecule has 0 unspecified atom stereocenters. The van der Waals surface area contributed by atoms with Crippen molar-refractivity contribution in [3.05, 3.63) is 47.3 Å². The van der Waals surface area contributed by atoms with Gasteiger partial charge in [-0.3, -0.25) is 4.79 Å². The molecule has 1 saturated heterocycles. The number of urea groups is 1. The van der Waals surface area contributed by atoms with Crippen LogP contribution in [-0.2, 0) is 11.3 Å². The fraction of sp³-hybridized carbons (Fsp3) is 0.353. The Kier molecular flexibility index (Phi) is 4.24. The summed E-state index contributed by atoms with van der Waals surface area (Å²) in [6.07, 6.45) is 0. The Bertz CT molecular complexity index is 769. The Balaban J connectivity index is 1.79. The Morgan fingerprint density at radius 2 is 2.04 bits per heavy atom. The number of nitrogens with zero attached hydrogens (tertiary/aromatic N) is 3. The van der Waals surface area contributed by atoms with Gasteiger partial charge in [0.15, 0.2) is 0 Å². The highest BCUT2D eigenvalue weighted by Crippen LogP contribution is 2.19. The molecule has 7 nitrogen and oxygen atoms in total. The average molecular weight is 327 g/mol. The van der Waals surface area contributed by atoms with Gasteiger partial charge in [0.2, 0.25) is 5.91 Å². The molecule has 0 aliphatic carbocycles. The van der Waals surface area contributed by atoms with Crippen LogP contribution >= 0.6 is 0 Å². The Labute approximate surface area is 140 Å². The smallest absolute Gasteiger partial charge is 0.315 e. The minimum absolute atomic E-state index is 0.111. The maximum absolute atomic E-state index is 12.4. The van der Waals surface area contributed by atoms with Crippen molar-refractivity contribution < 1.29 is 9.59 Å². The van der Waals surface area contributed by atoms with Crippen molar-refractivity contribution >= 4 is 11.9 Å². The summed E-state index contributed by atoms with van der Waals surface area (Å²) in [6, 6.07) is 9.09. The zero-order valence-corrected chi connectivity index (χ0v) is 14.0. The van der Waals surface area contributed by atoms with Crippen LogP contribution in [0.1, 0.15) is 17.0 Å². The van der Waals surface area contributed by atoms with E-state index in [2.05, 4.69) is 15.7 Å². The molecule has 0 radical (unpaired) electrons. The van der Waals surface area contributed by atoms with E-state index >= 15 is 0 Å². The molecule has 3 rings (SSSR count). The second-order valence-corrected chi connectivity index (χ2v) is 6.00. The standard InChI is InChI=1S/C17H21N5O2/c1-11-14(10-21(3)16(23)15-9-18-17(24)19-15)12(2)22(20-11)13-7-5-4-6-8-13/h4-8,15H,9-10H2,1-3H3,(H2,18,19,24)/t15-/m0/s1. The number of para-hydroxylation sites is 1. The summed E-state index contributed by atoms with van der Waals surface area (Å²) in [5.74, 6) is -0.111. The number of hydrogen-bond donors (Lipinski definition) is 2. The lowest BCUT2D eigenvalue weighted by Crippen LogP contribution is -2.43. The molecule has 1 aromatic heterocycles. The van der Waals surface area contributed by atoms with Crippen molar-refractivity contribution in [3.8, 4) is 5.69 Å². The van der Waals surface area contributed by atoms with E-state index in [1.807, 2.05) is 48.9 Å². The summed E-state index contributed by atoms with van der Waals surface area (Å²) in [6.45, 7) is 4.72. The molecule has 2 heterocycles. The number of nitrogens with one attached hydrogen (secondary N) is 2. The highest BCUT2D eigenvalue weighted by Gasteiger charge is 2.29. The van der Waals surface area contributed by atoms with Crippen LogP contribution in [0.2, 0.25) is 0 Å².